The van der Waals surface area contributed by atoms with E-state index < -0.39 is 0 Å². The fourth-order valence-corrected chi connectivity index (χ4v) is 0.618. The van der Waals surface area contributed by atoms with E-state index in [1.54, 1.807) is 0 Å². The summed E-state index contributed by atoms with van der Waals surface area (Å²) < 4.78 is 0. The number of rotatable bonds is 2. The molecule has 11 heavy (non-hydrogen) atoms. The smallest absolute Gasteiger partial charge is 0.155 e. The van der Waals surface area contributed by atoms with Crippen molar-refractivity contribution in [2.75, 3.05) is 0 Å². The number of carbonyl (C=O) groups is 1. The van der Waals surface area contributed by atoms with Crippen molar-refractivity contribution in [3.05, 3.63) is 30.5 Å². The summed E-state index contributed by atoms with van der Waals surface area (Å²) in [4.78, 5) is 17.7. The van der Waals surface area contributed by atoms with E-state index in [2.05, 4.69) is 9.97 Å². The van der Waals surface area contributed by atoms with Crippen LogP contribution in [0.1, 0.15) is 5.69 Å². The van der Waals surface area contributed by atoms with Crippen molar-refractivity contribution in [1.82, 2.24) is 9.97 Å². The number of allylic oxidation sites excluding steroid dienone is 1. The van der Waals surface area contributed by atoms with Crippen LogP contribution < -0.4 is 0 Å². The van der Waals surface area contributed by atoms with Crippen molar-refractivity contribution in [2.24, 2.45) is 0 Å². The maximum absolute atomic E-state index is 10.2. The van der Waals surface area contributed by atoms with E-state index >= 15 is 0 Å². The minimum Gasteiger partial charge on any atom is -0.515 e. The molecule has 4 heteroatoms. The van der Waals surface area contributed by atoms with E-state index in [1.807, 2.05) is 0 Å². The quantitative estimate of drug-likeness (QED) is 0.380. The van der Waals surface area contributed by atoms with Crippen LogP contribution in [-0.4, -0.2) is 21.4 Å². The van der Waals surface area contributed by atoms with Gasteiger partial charge in [-0.1, -0.05) is 0 Å². The highest BCUT2D eigenvalue weighted by molar-refractivity contribution is 6.05. The Kier molecular flexibility index (Phi) is 2.32. The van der Waals surface area contributed by atoms with Crippen LogP contribution in [0, 0.1) is 0 Å². The molecule has 0 saturated carbocycles. The van der Waals surface area contributed by atoms with Gasteiger partial charge in [0.2, 0.25) is 0 Å². The molecule has 1 N–H and O–H groups in total. The molecule has 1 rings (SSSR count). The van der Waals surface area contributed by atoms with Gasteiger partial charge in [0.1, 0.15) is 6.33 Å². The molecule has 4 nitrogen and oxygen atoms in total. The topological polar surface area (TPSA) is 63.1 Å². The lowest BCUT2D eigenvalue weighted by atomic mass is 10.2. The second-order valence-electron chi connectivity index (χ2n) is 1.80. The van der Waals surface area contributed by atoms with Gasteiger partial charge in [0, 0.05) is 6.20 Å². The fraction of sp³-hybridized carbons (Fsp3) is 0. The van der Waals surface area contributed by atoms with Gasteiger partial charge < -0.3 is 5.11 Å². The molecule has 0 spiro atoms. The highest BCUT2D eigenvalue weighted by Crippen LogP contribution is 2.04. The summed E-state index contributed by atoms with van der Waals surface area (Å²) in [6, 6.07) is 1.54. The van der Waals surface area contributed by atoms with E-state index in [9.17, 15) is 4.79 Å². The second kappa shape index (κ2) is 3.46. The molecule has 0 saturated heterocycles. The Hall–Kier alpha value is -1.71. The number of carbonyl (C=O) groups excluding carboxylic acids is 1. The van der Waals surface area contributed by atoms with E-state index in [1.165, 1.54) is 18.6 Å². The maximum Gasteiger partial charge on any atom is 0.155 e. The van der Waals surface area contributed by atoms with Crippen molar-refractivity contribution in [1.29, 1.82) is 0 Å². The first-order chi connectivity index (χ1) is 5.38. The van der Waals surface area contributed by atoms with Crippen LogP contribution in [0.5, 0.6) is 0 Å². The summed E-state index contributed by atoms with van der Waals surface area (Å²) in [7, 11) is 0. The fourth-order valence-electron chi connectivity index (χ4n) is 0.618. The molecule has 0 aromatic carbocycles. The van der Waals surface area contributed by atoms with Crippen molar-refractivity contribution in [3.63, 3.8) is 0 Å². The summed E-state index contributed by atoms with van der Waals surface area (Å²) in [5.74, 6) is 0. The predicted molar refractivity (Wildman–Crippen MR) is 38.7 cm³/mol. The summed E-state index contributed by atoms with van der Waals surface area (Å²) >= 11 is 0. The first kappa shape index (κ1) is 7.40. The molecule has 56 valence electrons. The van der Waals surface area contributed by atoms with Crippen LogP contribution >= 0.6 is 0 Å². The minimum absolute atomic E-state index is 0.146. The lowest BCUT2D eigenvalue weighted by molar-refractivity contribution is -0.103. The molecule has 0 aliphatic heterocycles. The summed E-state index contributed by atoms with van der Waals surface area (Å²) in [5, 5.41) is 8.53. The molecule has 0 fully saturated rings. The van der Waals surface area contributed by atoms with Crippen molar-refractivity contribution in [2.45, 2.75) is 0 Å². The standard InChI is InChI=1S/C7H6N2O2/c10-3-6(4-11)7-1-2-8-5-9-7/h1-5,10H/b6-3-. The van der Waals surface area contributed by atoms with Gasteiger partial charge >= 0.3 is 0 Å². The van der Waals surface area contributed by atoms with E-state index in [4.69, 9.17) is 5.11 Å². The van der Waals surface area contributed by atoms with Gasteiger partial charge in [-0.15, -0.1) is 0 Å². The molecule has 0 atom stereocenters. The number of nitrogens with zero attached hydrogens (tertiary/aromatic N) is 2. The number of aliphatic hydroxyl groups is 1. The van der Waals surface area contributed by atoms with Crippen molar-refractivity contribution < 1.29 is 9.90 Å². The lowest BCUT2D eigenvalue weighted by Crippen LogP contribution is -1.90. The largest absolute Gasteiger partial charge is 0.515 e. The average molecular weight is 150 g/mol. The normalized spacial score (nSPS) is 11.1. The monoisotopic (exact) mass is 150 g/mol. The van der Waals surface area contributed by atoms with Crippen LogP contribution in [0.3, 0.4) is 0 Å². The number of hydrogen-bond donors (Lipinski definition) is 1. The third-order valence-electron chi connectivity index (χ3n) is 1.14. The van der Waals surface area contributed by atoms with Gasteiger partial charge in [-0.3, -0.25) is 4.79 Å². The Morgan fingerprint density at radius 2 is 2.45 bits per heavy atom. The molecule has 0 bridgehead atoms. The van der Waals surface area contributed by atoms with Crippen LogP contribution in [0.4, 0.5) is 0 Å². The molecular weight excluding hydrogens is 144 g/mol. The SMILES string of the molecule is O=C/C(=C/O)c1ccncn1. The summed E-state index contributed by atoms with van der Waals surface area (Å²) in [6.45, 7) is 0. The first-order valence-electron chi connectivity index (χ1n) is 2.94. The second-order valence-corrected chi connectivity index (χ2v) is 1.80. The van der Waals surface area contributed by atoms with E-state index in [-0.39, 0.29) is 5.57 Å². The van der Waals surface area contributed by atoms with Gasteiger partial charge in [0.05, 0.1) is 17.5 Å². The van der Waals surface area contributed by atoms with Crippen molar-refractivity contribution in [3.8, 4) is 0 Å². The van der Waals surface area contributed by atoms with E-state index in [0.717, 1.165) is 6.26 Å². The highest BCUT2D eigenvalue weighted by Gasteiger charge is 1.98. The Balaban J connectivity index is 3.01. The third-order valence-corrected chi connectivity index (χ3v) is 1.14. The zero-order valence-corrected chi connectivity index (χ0v) is 5.64. The number of aromatic nitrogens is 2. The number of aldehydes is 1. The molecule has 0 amide bonds. The molecule has 0 aliphatic rings. The maximum atomic E-state index is 10.2. The van der Waals surface area contributed by atoms with E-state index in [0.29, 0.717) is 12.0 Å². The Morgan fingerprint density at radius 3 is 2.91 bits per heavy atom. The predicted octanol–water partition coefficient (Wildman–Crippen LogP) is 0.574. The third kappa shape index (κ3) is 1.61. The summed E-state index contributed by atoms with van der Waals surface area (Å²) in [5.41, 5.74) is 0.560. The molecule has 0 unspecified atom stereocenters. The molecular formula is C7H6N2O2. The van der Waals surface area contributed by atoms with Gasteiger partial charge in [0.15, 0.2) is 6.29 Å². The molecule has 1 heterocycles. The highest BCUT2D eigenvalue weighted by atomic mass is 16.2. The first-order valence-corrected chi connectivity index (χ1v) is 2.94. The number of hydrogen-bond acceptors (Lipinski definition) is 4. The van der Waals surface area contributed by atoms with Crippen LogP contribution in [0.15, 0.2) is 24.9 Å². The van der Waals surface area contributed by atoms with Gasteiger partial charge in [-0.2, -0.15) is 0 Å². The minimum atomic E-state index is 0.146. The number of aliphatic hydroxyl groups excluding tert-OH is 1. The summed E-state index contributed by atoms with van der Waals surface area (Å²) in [6.07, 6.45) is 4.05. The molecule has 0 radical (unpaired) electrons. The van der Waals surface area contributed by atoms with Crippen molar-refractivity contribution >= 4 is 11.9 Å². The molecule has 1 aromatic rings. The Morgan fingerprint density at radius 1 is 1.64 bits per heavy atom. The zero-order chi connectivity index (χ0) is 8.10. The van der Waals surface area contributed by atoms with Gasteiger partial charge in [-0.25, -0.2) is 9.97 Å². The van der Waals surface area contributed by atoms with Gasteiger partial charge in [-0.05, 0) is 6.07 Å². The molecule has 0 aliphatic carbocycles. The van der Waals surface area contributed by atoms with Crippen LogP contribution in [0.2, 0.25) is 0 Å². The lowest BCUT2D eigenvalue weighted by Gasteiger charge is -1.93. The Bertz CT molecular complexity index is 269. The van der Waals surface area contributed by atoms with Crippen LogP contribution in [-0.2, 0) is 4.79 Å². The zero-order valence-electron chi connectivity index (χ0n) is 5.64. The Labute approximate surface area is 63.2 Å². The van der Waals surface area contributed by atoms with Crippen LogP contribution in [0.25, 0.3) is 5.57 Å². The average Bonchev–Trinajstić information content (AvgIpc) is 2.09. The molecule has 1 aromatic heterocycles. The van der Waals surface area contributed by atoms with Gasteiger partial charge in [0.25, 0.3) is 0 Å².